The lowest BCUT2D eigenvalue weighted by Gasteiger charge is -2.48. The van der Waals surface area contributed by atoms with Gasteiger partial charge in [0.25, 0.3) is 5.69 Å². The smallest absolute Gasteiger partial charge is 0.410 e. The number of ketones is 1. The van der Waals surface area contributed by atoms with E-state index in [-0.39, 0.29) is 55.2 Å². The third kappa shape index (κ3) is 11.8. The van der Waals surface area contributed by atoms with Gasteiger partial charge in [0.2, 0.25) is 10.0 Å². The van der Waals surface area contributed by atoms with Crippen LogP contribution in [-0.2, 0) is 59.2 Å². The summed E-state index contributed by atoms with van der Waals surface area (Å²) in [6, 6.07) is 8.08. The molecule has 5 rings (SSSR count). The number of nitro benzene ring substituents is 1. The van der Waals surface area contributed by atoms with Crippen molar-refractivity contribution in [3.8, 4) is 0 Å². The molecule has 0 saturated carbocycles. The van der Waals surface area contributed by atoms with Crippen molar-refractivity contribution in [3.63, 3.8) is 0 Å². The molecule has 1 aromatic heterocycles. The van der Waals surface area contributed by atoms with Crippen LogP contribution in [0.3, 0.4) is 0 Å². The van der Waals surface area contributed by atoms with E-state index in [1.807, 2.05) is 25.9 Å². The second kappa shape index (κ2) is 21.8. The summed E-state index contributed by atoms with van der Waals surface area (Å²) in [6.45, 7) is 12.8. The average Bonchev–Trinajstić information content (AvgIpc) is 3.54. The minimum Gasteiger partial charge on any atom is -0.461 e. The Bertz CT molecular complexity index is 2200. The Morgan fingerprint density at radius 3 is 2.39 bits per heavy atom. The molecular formula is C46H67N5O15S. The number of pyridine rings is 1. The number of Topliss-reactive ketones (excluding diaryl/α,β-unsaturated/α-hetero) is 1. The summed E-state index contributed by atoms with van der Waals surface area (Å²) >= 11 is 0. The van der Waals surface area contributed by atoms with E-state index in [0.717, 1.165) is 12.1 Å². The molecule has 372 valence electrons. The maximum atomic E-state index is 14.9. The lowest BCUT2D eigenvalue weighted by molar-refractivity contribution is -0.385. The molecule has 1 amide bonds. The molecule has 0 unspecified atom stereocenters. The van der Waals surface area contributed by atoms with Crippen molar-refractivity contribution in [1.82, 2.24) is 19.5 Å². The fourth-order valence-electron chi connectivity index (χ4n) is 10.1. The number of esters is 2. The van der Waals surface area contributed by atoms with E-state index in [4.69, 9.17) is 28.4 Å². The molecule has 3 aliphatic heterocycles. The Morgan fingerprint density at radius 1 is 1.07 bits per heavy atom. The number of fused-ring (bicyclic) bond motifs is 1. The number of nitrogens with zero attached hydrogens (tertiary/aromatic N) is 4. The quantitative estimate of drug-likeness (QED) is 0.117. The summed E-state index contributed by atoms with van der Waals surface area (Å²) in [6.07, 6.45) is -5.31. The second-order valence-electron chi connectivity index (χ2n) is 18.7. The molecule has 67 heavy (non-hydrogen) atoms. The van der Waals surface area contributed by atoms with Gasteiger partial charge in [0.1, 0.15) is 24.1 Å². The highest BCUT2D eigenvalue weighted by Crippen LogP contribution is 2.44. The van der Waals surface area contributed by atoms with Crippen LogP contribution in [0.1, 0.15) is 80.3 Å². The number of carbonyl (C=O) groups is 4. The van der Waals surface area contributed by atoms with E-state index in [1.165, 1.54) is 30.3 Å². The molecule has 21 heteroatoms. The summed E-state index contributed by atoms with van der Waals surface area (Å²) in [7, 11) is 0.799. The average molecular weight is 962 g/mol. The number of hydrogen-bond acceptors (Lipinski definition) is 17. The number of ether oxygens (including phenoxy) is 6. The minimum atomic E-state index is -4.32. The molecule has 0 aliphatic carbocycles. The number of benzene rings is 1. The topological polar surface area (TPSA) is 253 Å². The van der Waals surface area contributed by atoms with Crippen LogP contribution in [0.25, 0.3) is 0 Å². The number of nitrogens with one attached hydrogen (secondary N) is 1. The van der Waals surface area contributed by atoms with Gasteiger partial charge < -0.3 is 38.4 Å². The highest BCUT2D eigenvalue weighted by molar-refractivity contribution is 7.89. The van der Waals surface area contributed by atoms with E-state index < -0.39 is 110 Å². The molecule has 2 aromatic rings. The highest BCUT2D eigenvalue weighted by Gasteiger charge is 2.60. The van der Waals surface area contributed by atoms with Gasteiger partial charge in [0.15, 0.2) is 11.9 Å². The predicted octanol–water partition coefficient (Wildman–Crippen LogP) is 4.06. The number of aliphatic hydroxyl groups is 1. The number of hydrogen-bond donors (Lipinski definition) is 2. The summed E-state index contributed by atoms with van der Waals surface area (Å²) in [4.78, 5) is 75.1. The van der Waals surface area contributed by atoms with Crippen molar-refractivity contribution < 1.29 is 66.0 Å². The lowest BCUT2D eigenvalue weighted by Crippen LogP contribution is -2.61. The zero-order chi connectivity index (χ0) is 49.8. The van der Waals surface area contributed by atoms with Crippen molar-refractivity contribution >= 4 is 39.5 Å². The van der Waals surface area contributed by atoms with Crippen LogP contribution < -0.4 is 4.72 Å². The molecule has 20 nitrogen and oxygen atoms in total. The Balaban J connectivity index is 1.57. The van der Waals surface area contributed by atoms with Crippen LogP contribution in [0.15, 0.2) is 53.6 Å². The largest absolute Gasteiger partial charge is 0.461 e. The predicted molar refractivity (Wildman–Crippen MR) is 241 cm³/mol. The molecule has 4 heterocycles. The van der Waals surface area contributed by atoms with Crippen LogP contribution in [0.4, 0.5) is 10.5 Å². The molecule has 3 aliphatic rings. The van der Waals surface area contributed by atoms with Gasteiger partial charge in [-0.2, -0.15) is 0 Å². The first-order chi connectivity index (χ1) is 31.4. The molecule has 2 N–H and O–H groups in total. The first-order valence-corrected chi connectivity index (χ1v) is 24.1. The second-order valence-corrected chi connectivity index (χ2v) is 20.5. The van der Waals surface area contributed by atoms with Crippen LogP contribution in [0, 0.1) is 33.8 Å². The Morgan fingerprint density at radius 2 is 1.78 bits per heavy atom. The van der Waals surface area contributed by atoms with Gasteiger partial charge in [-0.25, -0.2) is 17.9 Å². The standard InChI is InChI=1S/C46H67N5O15S/c1-12-35-46(8)40(50(44(56)66-46)21-20-48-67(59,60)33-18-15-17-32(24-33)51(57)58)28(4)37(53)26(2)25-45(7,61-11)41(65-43-38(54)34(49(9)10)22-27(3)62-43)29(5)39(30(6)42(55)63-35)64-36(52)23-31-16-13-14-19-47-31/h13-19,24,26-30,34-35,38-41,43,48,54H,12,20-23,25H2,1-11H3/t26-,27-,28+,29-,30-,34+,35-,38-,39-,40+,41-,43+,45-,46-/m1/s1. The maximum absolute atomic E-state index is 14.9. The third-order valence-electron chi connectivity index (χ3n) is 13.6. The van der Waals surface area contributed by atoms with Crippen molar-refractivity contribution in [2.75, 3.05) is 34.3 Å². The third-order valence-corrected chi connectivity index (χ3v) is 15.1. The number of non-ortho nitro benzene ring substituents is 1. The minimum absolute atomic E-state index is 0.0109. The van der Waals surface area contributed by atoms with Crippen LogP contribution in [0.5, 0.6) is 0 Å². The first kappa shape index (κ1) is 53.3. The highest BCUT2D eigenvalue weighted by atomic mass is 32.2. The molecule has 0 radical (unpaired) electrons. The number of cyclic esters (lactones) is 1. The fraction of sp³-hybridized carbons (Fsp3) is 0.674. The zero-order valence-electron chi connectivity index (χ0n) is 40.1. The number of aliphatic hydroxyl groups excluding tert-OH is 1. The maximum Gasteiger partial charge on any atom is 0.410 e. The van der Waals surface area contributed by atoms with Crippen LogP contribution in [0.2, 0.25) is 0 Å². The Kier molecular flexibility index (Phi) is 17.3. The normalized spacial score (nSPS) is 34.5. The number of likely N-dealkylation sites (N-methyl/N-ethyl adjacent to an activating group) is 1. The summed E-state index contributed by atoms with van der Waals surface area (Å²) < 4.78 is 67.0. The summed E-state index contributed by atoms with van der Waals surface area (Å²) in [5, 5.41) is 23.1. The monoisotopic (exact) mass is 961 g/mol. The van der Waals surface area contributed by atoms with Gasteiger partial charge in [0.05, 0.1) is 51.7 Å². The molecule has 1 aromatic carbocycles. The number of carbonyl (C=O) groups excluding carboxylic acids is 4. The summed E-state index contributed by atoms with van der Waals surface area (Å²) in [5.74, 6) is -5.82. The molecule has 14 atom stereocenters. The van der Waals surface area contributed by atoms with Crippen LogP contribution >= 0.6 is 0 Å². The van der Waals surface area contributed by atoms with E-state index in [2.05, 4.69) is 9.71 Å². The summed E-state index contributed by atoms with van der Waals surface area (Å²) in [5.41, 5.74) is -3.10. The van der Waals surface area contributed by atoms with Gasteiger partial charge in [-0.05, 0) is 79.3 Å². The van der Waals surface area contributed by atoms with E-state index in [1.54, 1.807) is 66.7 Å². The fourth-order valence-corrected chi connectivity index (χ4v) is 11.1. The van der Waals surface area contributed by atoms with Crippen LogP contribution in [-0.4, -0.2) is 151 Å². The lowest BCUT2D eigenvalue weighted by atomic mass is 9.73. The zero-order valence-corrected chi connectivity index (χ0v) is 41.0. The number of amides is 1. The molecule has 0 bridgehead atoms. The van der Waals surface area contributed by atoms with Crippen molar-refractivity contribution in [3.05, 3.63) is 64.5 Å². The van der Waals surface area contributed by atoms with Crippen molar-refractivity contribution in [1.29, 1.82) is 0 Å². The van der Waals surface area contributed by atoms with Crippen molar-refractivity contribution in [2.45, 2.75) is 146 Å². The molecule has 0 spiro atoms. The van der Waals surface area contributed by atoms with Gasteiger partial charge in [-0.15, -0.1) is 0 Å². The molecular weight excluding hydrogens is 895 g/mol. The number of nitro groups is 1. The van der Waals surface area contributed by atoms with Gasteiger partial charge in [-0.3, -0.25) is 34.4 Å². The molecule has 3 saturated heterocycles. The SMILES string of the molecule is CC[C@H]1OC(=O)[C@H](C)[C@H](OC(=O)Cc2ccccn2)[C@@H](C)[C@@H](O[C@@H]2O[C@H](C)C[C@H](N(C)C)[C@H]2O)[C@](C)(OC)C[C@@H](C)C(=O)[C@H](C)[C@@H]2N(CCNS(=O)(=O)c3cccc([N+](=O)[O-])c3)C(=O)O[C@@]21C. The van der Waals surface area contributed by atoms with E-state index in [9.17, 15) is 42.8 Å². The van der Waals surface area contributed by atoms with Gasteiger partial charge in [0, 0.05) is 62.3 Å². The number of aromatic nitrogens is 1. The first-order valence-electron chi connectivity index (χ1n) is 22.7. The van der Waals surface area contributed by atoms with Crippen molar-refractivity contribution in [2.24, 2.45) is 23.7 Å². The van der Waals surface area contributed by atoms with Gasteiger partial charge >= 0.3 is 18.0 Å². The van der Waals surface area contributed by atoms with Gasteiger partial charge in [-0.1, -0.05) is 39.8 Å². The number of sulfonamides is 1. The molecule has 3 fully saturated rings. The Hall–Kier alpha value is -4.64. The van der Waals surface area contributed by atoms with E-state index >= 15 is 0 Å². The Labute approximate surface area is 392 Å². The van der Waals surface area contributed by atoms with E-state index in [0.29, 0.717) is 12.1 Å². The number of methoxy groups -OCH3 is 1. The number of rotatable bonds is 14.